The van der Waals surface area contributed by atoms with Gasteiger partial charge in [0.1, 0.15) is 11.5 Å². The summed E-state index contributed by atoms with van der Waals surface area (Å²) >= 11 is 0. The van der Waals surface area contributed by atoms with Crippen LogP contribution in [0.3, 0.4) is 0 Å². The predicted molar refractivity (Wildman–Crippen MR) is 104 cm³/mol. The fourth-order valence-corrected chi connectivity index (χ4v) is 2.97. The summed E-state index contributed by atoms with van der Waals surface area (Å²) in [7, 11) is -3.63. The summed E-state index contributed by atoms with van der Waals surface area (Å²) in [5.74, 6) is 1.28. The number of rotatable bonds is 9. The molecule has 0 saturated carbocycles. The average molecular weight is 394 g/mol. The number of nitrogens with zero attached hydrogens (tertiary/aromatic N) is 1. The Kier molecular flexibility index (Phi) is 7.07. The van der Waals surface area contributed by atoms with Gasteiger partial charge in [-0.3, -0.25) is 4.79 Å². The first-order valence-electron chi connectivity index (χ1n) is 8.99. The standard InChI is InChI=1S/C20H27NO5S/c1-15(2)12-20(22)21(14-19-6-5-11-25-19)13-17-7-9-18(10-8-17)26-27(23,24)16(3)4/h5-11,15-16H,12-14H2,1-4H3. The predicted octanol–water partition coefficient (Wildman–Crippen LogP) is 3.97. The van der Waals surface area contributed by atoms with Gasteiger partial charge in [-0.2, -0.15) is 8.42 Å². The molecule has 0 saturated heterocycles. The molecular weight excluding hydrogens is 366 g/mol. The van der Waals surface area contributed by atoms with E-state index in [1.807, 2.05) is 19.9 Å². The van der Waals surface area contributed by atoms with Crippen LogP contribution in [0.15, 0.2) is 47.1 Å². The largest absolute Gasteiger partial charge is 0.467 e. The molecule has 1 amide bonds. The second kappa shape index (κ2) is 9.08. The van der Waals surface area contributed by atoms with E-state index in [9.17, 15) is 13.2 Å². The molecule has 0 radical (unpaired) electrons. The van der Waals surface area contributed by atoms with Gasteiger partial charge < -0.3 is 13.5 Å². The molecule has 27 heavy (non-hydrogen) atoms. The summed E-state index contributed by atoms with van der Waals surface area (Å²) in [6.07, 6.45) is 2.04. The summed E-state index contributed by atoms with van der Waals surface area (Å²) < 4.78 is 34.2. The third-order valence-corrected chi connectivity index (χ3v) is 5.53. The van der Waals surface area contributed by atoms with Crippen molar-refractivity contribution in [1.29, 1.82) is 0 Å². The minimum Gasteiger partial charge on any atom is -0.467 e. The number of hydrogen-bond acceptors (Lipinski definition) is 5. The van der Waals surface area contributed by atoms with Gasteiger partial charge >= 0.3 is 10.1 Å². The lowest BCUT2D eigenvalue weighted by Crippen LogP contribution is -2.30. The Balaban J connectivity index is 2.10. The monoisotopic (exact) mass is 393 g/mol. The molecular formula is C20H27NO5S. The molecule has 148 valence electrons. The molecule has 0 aliphatic rings. The molecule has 0 atom stereocenters. The Morgan fingerprint density at radius 3 is 2.26 bits per heavy atom. The number of carbonyl (C=O) groups excluding carboxylic acids is 1. The SMILES string of the molecule is CC(C)CC(=O)N(Cc1ccc(OS(=O)(=O)C(C)C)cc1)Cc1ccco1. The number of amides is 1. The quantitative estimate of drug-likeness (QED) is 0.603. The number of furan rings is 1. The van der Waals surface area contributed by atoms with Gasteiger partial charge in [-0.05, 0) is 49.6 Å². The Morgan fingerprint density at radius 2 is 1.74 bits per heavy atom. The maximum Gasteiger partial charge on any atom is 0.311 e. The van der Waals surface area contributed by atoms with Crippen molar-refractivity contribution in [3.63, 3.8) is 0 Å². The van der Waals surface area contributed by atoms with Gasteiger partial charge in [0.15, 0.2) is 0 Å². The molecule has 0 N–H and O–H groups in total. The van der Waals surface area contributed by atoms with Crippen molar-refractivity contribution in [3.8, 4) is 5.75 Å². The number of hydrogen-bond donors (Lipinski definition) is 0. The molecule has 1 aromatic heterocycles. The Morgan fingerprint density at radius 1 is 1.07 bits per heavy atom. The van der Waals surface area contributed by atoms with Gasteiger partial charge in [0.25, 0.3) is 0 Å². The van der Waals surface area contributed by atoms with E-state index in [-0.39, 0.29) is 17.6 Å². The highest BCUT2D eigenvalue weighted by atomic mass is 32.2. The molecule has 7 heteroatoms. The van der Waals surface area contributed by atoms with Crippen LogP contribution in [0.25, 0.3) is 0 Å². The molecule has 1 heterocycles. The summed E-state index contributed by atoms with van der Waals surface area (Å²) in [5, 5.41) is -0.616. The van der Waals surface area contributed by atoms with E-state index in [1.54, 1.807) is 55.3 Å². The second-order valence-corrected chi connectivity index (χ2v) is 9.29. The van der Waals surface area contributed by atoms with Crippen molar-refractivity contribution in [2.75, 3.05) is 0 Å². The first kappa shape index (κ1) is 21.0. The van der Waals surface area contributed by atoms with E-state index >= 15 is 0 Å². The van der Waals surface area contributed by atoms with E-state index < -0.39 is 15.4 Å². The van der Waals surface area contributed by atoms with Crippen molar-refractivity contribution >= 4 is 16.0 Å². The minimum atomic E-state index is -3.63. The van der Waals surface area contributed by atoms with Crippen molar-refractivity contribution < 1.29 is 21.8 Å². The van der Waals surface area contributed by atoms with E-state index in [0.717, 1.165) is 11.3 Å². The van der Waals surface area contributed by atoms with E-state index in [1.165, 1.54) is 0 Å². The van der Waals surface area contributed by atoms with Crippen molar-refractivity contribution in [2.24, 2.45) is 5.92 Å². The Hall–Kier alpha value is -2.28. The first-order valence-corrected chi connectivity index (χ1v) is 10.5. The number of carbonyl (C=O) groups is 1. The zero-order chi connectivity index (χ0) is 20.0. The van der Waals surface area contributed by atoms with Crippen LogP contribution in [-0.2, 0) is 28.0 Å². The van der Waals surface area contributed by atoms with Crippen LogP contribution in [0.2, 0.25) is 0 Å². The Labute approximate surface area is 161 Å². The van der Waals surface area contributed by atoms with Crippen LogP contribution < -0.4 is 4.18 Å². The first-order chi connectivity index (χ1) is 12.7. The molecule has 2 rings (SSSR count). The van der Waals surface area contributed by atoms with Crippen molar-refractivity contribution in [2.45, 2.75) is 52.5 Å². The second-order valence-electron chi connectivity index (χ2n) is 7.20. The van der Waals surface area contributed by atoms with Gasteiger partial charge in [0.2, 0.25) is 5.91 Å². The highest BCUT2D eigenvalue weighted by molar-refractivity contribution is 7.87. The third kappa shape index (κ3) is 6.43. The average Bonchev–Trinajstić information content (AvgIpc) is 3.08. The van der Waals surface area contributed by atoms with Gasteiger partial charge in [0, 0.05) is 13.0 Å². The maximum absolute atomic E-state index is 12.6. The maximum atomic E-state index is 12.6. The molecule has 0 aliphatic heterocycles. The highest BCUT2D eigenvalue weighted by Crippen LogP contribution is 2.19. The van der Waals surface area contributed by atoms with Crippen LogP contribution >= 0.6 is 0 Å². The minimum absolute atomic E-state index is 0.0455. The van der Waals surface area contributed by atoms with E-state index in [2.05, 4.69) is 0 Å². The normalized spacial score (nSPS) is 11.8. The lowest BCUT2D eigenvalue weighted by Gasteiger charge is -2.23. The highest BCUT2D eigenvalue weighted by Gasteiger charge is 2.19. The van der Waals surface area contributed by atoms with E-state index in [0.29, 0.717) is 19.5 Å². The topological polar surface area (TPSA) is 76.8 Å². The lowest BCUT2D eigenvalue weighted by atomic mass is 10.1. The van der Waals surface area contributed by atoms with Crippen molar-refractivity contribution in [3.05, 3.63) is 54.0 Å². The molecule has 1 aromatic carbocycles. The molecule has 2 aromatic rings. The summed E-state index contributed by atoms with van der Waals surface area (Å²) in [5.41, 5.74) is 0.882. The fraction of sp³-hybridized carbons (Fsp3) is 0.450. The molecule has 0 fully saturated rings. The molecule has 6 nitrogen and oxygen atoms in total. The van der Waals surface area contributed by atoms with Crippen LogP contribution in [-0.4, -0.2) is 24.5 Å². The summed E-state index contributed by atoms with van der Waals surface area (Å²) in [4.78, 5) is 14.3. The zero-order valence-corrected chi connectivity index (χ0v) is 17.0. The van der Waals surface area contributed by atoms with Crippen LogP contribution in [0.4, 0.5) is 0 Å². The number of benzene rings is 1. The van der Waals surface area contributed by atoms with Gasteiger partial charge in [0.05, 0.1) is 18.1 Å². The molecule has 0 spiro atoms. The Bertz CT molecular complexity index is 824. The van der Waals surface area contributed by atoms with Gasteiger partial charge in [-0.15, -0.1) is 0 Å². The molecule has 0 bridgehead atoms. The van der Waals surface area contributed by atoms with Gasteiger partial charge in [-0.25, -0.2) is 0 Å². The molecule has 0 unspecified atom stereocenters. The van der Waals surface area contributed by atoms with Crippen LogP contribution in [0.1, 0.15) is 45.4 Å². The van der Waals surface area contributed by atoms with Gasteiger partial charge in [-0.1, -0.05) is 26.0 Å². The van der Waals surface area contributed by atoms with Crippen LogP contribution in [0.5, 0.6) is 5.75 Å². The van der Waals surface area contributed by atoms with Crippen molar-refractivity contribution in [1.82, 2.24) is 4.90 Å². The smallest absolute Gasteiger partial charge is 0.311 e. The van der Waals surface area contributed by atoms with E-state index in [4.69, 9.17) is 8.60 Å². The summed E-state index contributed by atoms with van der Waals surface area (Å²) in [6, 6.07) is 10.4. The lowest BCUT2D eigenvalue weighted by molar-refractivity contribution is -0.133. The summed E-state index contributed by atoms with van der Waals surface area (Å²) in [6.45, 7) is 7.93. The third-order valence-electron chi connectivity index (χ3n) is 3.95. The fourth-order valence-electron chi connectivity index (χ4n) is 2.40. The molecule has 0 aliphatic carbocycles. The van der Waals surface area contributed by atoms with Crippen LogP contribution in [0, 0.1) is 5.92 Å². The zero-order valence-electron chi connectivity index (χ0n) is 16.2.